The van der Waals surface area contributed by atoms with Crippen LogP contribution in [0, 0.1) is 17.0 Å². The Kier molecular flexibility index (Phi) is 4.18. The zero-order valence-electron chi connectivity index (χ0n) is 11.3. The second kappa shape index (κ2) is 5.60. The van der Waals surface area contributed by atoms with E-state index in [0.717, 1.165) is 12.1 Å². The van der Waals surface area contributed by atoms with E-state index in [0.29, 0.717) is 19.4 Å². The Morgan fingerprint density at radius 3 is 2.57 bits per heavy atom. The average molecular weight is 318 g/mol. The molecule has 1 amide bonds. The normalized spacial score (nSPS) is 22.2. The Bertz CT molecular complexity index is 608. The molecule has 1 fully saturated rings. The summed E-state index contributed by atoms with van der Waals surface area (Å²) >= 11 is 5.78. The maximum absolute atomic E-state index is 13.3. The summed E-state index contributed by atoms with van der Waals surface area (Å²) in [5.74, 6) is -3.88. The van der Waals surface area contributed by atoms with Gasteiger partial charge in [-0.3, -0.25) is 9.59 Å². The highest BCUT2D eigenvalue weighted by molar-refractivity contribution is 6.33. The van der Waals surface area contributed by atoms with Gasteiger partial charge >= 0.3 is 5.97 Å². The molecular weight excluding hydrogens is 304 g/mol. The Morgan fingerprint density at radius 1 is 1.33 bits per heavy atom. The van der Waals surface area contributed by atoms with Crippen molar-refractivity contribution in [3.05, 3.63) is 34.4 Å². The van der Waals surface area contributed by atoms with Crippen LogP contribution in [0.4, 0.5) is 8.78 Å². The predicted molar refractivity (Wildman–Crippen MR) is 72.2 cm³/mol. The first kappa shape index (κ1) is 15.7. The minimum absolute atomic E-state index is 0.0104. The van der Waals surface area contributed by atoms with E-state index >= 15 is 0 Å². The van der Waals surface area contributed by atoms with E-state index in [2.05, 4.69) is 0 Å². The largest absolute Gasteiger partial charge is 0.481 e. The standard InChI is InChI=1S/C14H14ClF2NO3/c1-14(13(20)21)3-2-4-18(7-14)12(19)8-5-10(16)11(17)6-9(8)15/h5-6H,2-4,7H2,1H3,(H,20,21). The number of carbonyl (C=O) groups is 2. The Labute approximate surface area is 125 Å². The van der Waals surface area contributed by atoms with Crippen molar-refractivity contribution in [2.24, 2.45) is 5.41 Å². The molecule has 1 N–H and O–H groups in total. The van der Waals surface area contributed by atoms with E-state index in [1.54, 1.807) is 6.92 Å². The van der Waals surface area contributed by atoms with Crippen molar-refractivity contribution in [1.82, 2.24) is 4.90 Å². The Hall–Kier alpha value is -1.69. The van der Waals surface area contributed by atoms with Gasteiger partial charge in [0.25, 0.3) is 5.91 Å². The van der Waals surface area contributed by atoms with Gasteiger partial charge < -0.3 is 10.0 Å². The molecule has 1 aromatic rings. The highest BCUT2D eigenvalue weighted by atomic mass is 35.5. The molecule has 1 aromatic carbocycles. The summed E-state index contributed by atoms with van der Waals surface area (Å²) in [6.07, 6.45) is 0.980. The highest BCUT2D eigenvalue weighted by Crippen LogP contribution is 2.31. The SMILES string of the molecule is CC1(C(=O)O)CCCN(C(=O)c2cc(F)c(F)cc2Cl)C1. The van der Waals surface area contributed by atoms with Crippen molar-refractivity contribution in [2.45, 2.75) is 19.8 Å². The zero-order chi connectivity index (χ0) is 15.8. The second-order valence-electron chi connectivity index (χ2n) is 5.44. The molecule has 0 bridgehead atoms. The number of carboxylic acids is 1. The van der Waals surface area contributed by atoms with E-state index in [1.807, 2.05) is 0 Å². The molecular formula is C14H14ClF2NO3. The molecule has 4 nitrogen and oxygen atoms in total. The van der Waals surface area contributed by atoms with Crippen LogP contribution in [-0.4, -0.2) is 35.0 Å². The van der Waals surface area contributed by atoms with Crippen LogP contribution in [-0.2, 0) is 4.79 Å². The lowest BCUT2D eigenvalue weighted by atomic mass is 9.82. The number of aliphatic carboxylic acids is 1. The lowest BCUT2D eigenvalue weighted by Gasteiger charge is -2.37. The molecule has 1 unspecified atom stereocenters. The van der Waals surface area contributed by atoms with Gasteiger partial charge in [0.15, 0.2) is 11.6 Å². The van der Waals surface area contributed by atoms with Crippen molar-refractivity contribution >= 4 is 23.5 Å². The maximum atomic E-state index is 13.3. The number of halogens is 3. The van der Waals surface area contributed by atoms with Crippen molar-refractivity contribution in [3.63, 3.8) is 0 Å². The third-order valence-electron chi connectivity index (χ3n) is 3.74. The van der Waals surface area contributed by atoms with Crippen LogP contribution in [0.2, 0.25) is 5.02 Å². The summed E-state index contributed by atoms with van der Waals surface area (Å²) in [7, 11) is 0. The van der Waals surface area contributed by atoms with Gasteiger partial charge in [-0.15, -0.1) is 0 Å². The van der Waals surface area contributed by atoms with Crippen molar-refractivity contribution < 1.29 is 23.5 Å². The number of nitrogens with zero attached hydrogens (tertiary/aromatic N) is 1. The van der Waals surface area contributed by atoms with Gasteiger partial charge in [-0.2, -0.15) is 0 Å². The van der Waals surface area contributed by atoms with Crippen molar-refractivity contribution in [1.29, 1.82) is 0 Å². The molecule has 1 heterocycles. The fourth-order valence-electron chi connectivity index (χ4n) is 2.44. The van der Waals surface area contributed by atoms with Gasteiger partial charge in [-0.25, -0.2) is 8.78 Å². The Morgan fingerprint density at radius 2 is 1.95 bits per heavy atom. The second-order valence-corrected chi connectivity index (χ2v) is 5.85. The summed E-state index contributed by atoms with van der Waals surface area (Å²) in [6, 6.07) is 1.48. The van der Waals surface area contributed by atoms with Crippen LogP contribution in [0.15, 0.2) is 12.1 Å². The predicted octanol–water partition coefficient (Wildman–Crippen LogP) is 2.95. The van der Waals surface area contributed by atoms with Crippen LogP contribution in [0.1, 0.15) is 30.1 Å². The third kappa shape index (κ3) is 3.00. The topological polar surface area (TPSA) is 57.6 Å². The fourth-order valence-corrected chi connectivity index (χ4v) is 2.68. The first-order valence-corrected chi connectivity index (χ1v) is 6.79. The van der Waals surface area contributed by atoms with E-state index in [9.17, 15) is 23.5 Å². The van der Waals surface area contributed by atoms with Gasteiger partial charge in [-0.1, -0.05) is 11.6 Å². The molecule has 1 atom stereocenters. The number of hydrogen-bond acceptors (Lipinski definition) is 2. The minimum Gasteiger partial charge on any atom is -0.481 e. The van der Waals surface area contributed by atoms with Gasteiger partial charge in [0.05, 0.1) is 16.0 Å². The first-order chi connectivity index (χ1) is 9.74. The molecule has 0 spiro atoms. The number of carboxylic acid groups (broad SMARTS) is 1. The minimum atomic E-state index is -1.17. The lowest BCUT2D eigenvalue weighted by molar-refractivity contribution is -0.150. The molecule has 1 aliphatic rings. The molecule has 21 heavy (non-hydrogen) atoms. The van der Waals surface area contributed by atoms with Gasteiger partial charge in [-0.05, 0) is 31.9 Å². The van der Waals surface area contributed by atoms with Crippen LogP contribution in [0.5, 0.6) is 0 Å². The molecule has 1 aliphatic heterocycles. The number of amides is 1. The lowest BCUT2D eigenvalue weighted by Crippen LogP contribution is -2.48. The maximum Gasteiger partial charge on any atom is 0.311 e. The highest BCUT2D eigenvalue weighted by Gasteiger charge is 2.39. The van der Waals surface area contributed by atoms with Crippen LogP contribution < -0.4 is 0 Å². The van der Waals surface area contributed by atoms with E-state index < -0.39 is 28.9 Å². The van der Waals surface area contributed by atoms with E-state index in [1.165, 1.54) is 4.90 Å². The monoisotopic (exact) mass is 317 g/mol. The van der Waals surface area contributed by atoms with Crippen LogP contribution >= 0.6 is 11.6 Å². The molecule has 0 aromatic heterocycles. The summed E-state index contributed by atoms with van der Waals surface area (Å²) in [5.41, 5.74) is -1.20. The molecule has 7 heteroatoms. The van der Waals surface area contributed by atoms with Gasteiger partial charge in [0, 0.05) is 13.1 Å². The summed E-state index contributed by atoms with van der Waals surface area (Å²) < 4.78 is 26.3. The van der Waals surface area contributed by atoms with Crippen molar-refractivity contribution in [2.75, 3.05) is 13.1 Å². The molecule has 114 valence electrons. The molecule has 0 saturated carbocycles. The van der Waals surface area contributed by atoms with E-state index in [4.69, 9.17) is 11.6 Å². The van der Waals surface area contributed by atoms with E-state index in [-0.39, 0.29) is 17.1 Å². The van der Waals surface area contributed by atoms with Gasteiger partial charge in [0.1, 0.15) is 0 Å². The number of rotatable bonds is 2. The smallest absolute Gasteiger partial charge is 0.311 e. The molecule has 0 aliphatic carbocycles. The number of benzene rings is 1. The van der Waals surface area contributed by atoms with Crippen LogP contribution in [0.25, 0.3) is 0 Å². The number of carbonyl (C=O) groups excluding carboxylic acids is 1. The van der Waals surface area contributed by atoms with Crippen molar-refractivity contribution in [3.8, 4) is 0 Å². The quantitative estimate of drug-likeness (QED) is 0.853. The summed E-state index contributed by atoms with van der Waals surface area (Å²) in [4.78, 5) is 24.9. The number of hydrogen-bond donors (Lipinski definition) is 1. The molecule has 2 rings (SSSR count). The van der Waals surface area contributed by atoms with Gasteiger partial charge in [0.2, 0.25) is 0 Å². The summed E-state index contributed by atoms with van der Waals surface area (Å²) in [5, 5.41) is 9.04. The molecule has 0 radical (unpaired) electrons. The Balaban J connectivity index is 2.28. The third-order valence-corrected chi connectivity index (χ3v) is 4.05. The zero-order valence-corrected chi connectivity index (χ0v) is 12.1. The van der Waals surface area contributed by atoms with Crippen LogP contribution in [0.3, 0.4) is 0 Å². The first-order valence-electron chi connectivity index (χ1n) is 6.42. The molecule has 1 saturated heterocycles. The fraction of sp³-hybridized carbons (Fsp3) is 0.429. The summed E-state index contributed by atoms with van der Waals surface area (Å²) in [6.45, 7) is 1.93. The number of piperidine rings is 1. The average Bonchev–Trinajstić information content (AvgIpc) is 2.42. The number of likely N-dealkylation sites (tertiary alicyclic amines) is 1.